The SMILES string of the molecule is COc1ccc(CNC(=O)c2ccc(S(=O)(=O)NN3CC(C)CC(C)C3)cc2)cc1. The molecule has 1 aliphatic rings. The van der Waals surface area contributed by atoms with Gasteiger partial charge < -0.3 is 10.1 Å². The molecule has 2 aromatic carbocycles. The van der Waals surface area contributed by atoms with Gasteiger partial charge in [0.05, 0.1) is 12.0 Å². The van der Waals surface area contributed by atoms with Crippen LogP contribution >= 0.6 is 0 Å². The third kappa shape index (κ3) is 5.81. The van der Waals surface area contributed by atoms with Crippen molar-refractivity contribution in [3.63, 3.8) is 0 Å². The van der Waals surface area contributed by atoms with Crippen LogP contribution in [0.5, 0.6) is 5.75 Å². The minimum atomic E-state index is -3.68. The lowest BCUT2D eigenvalue weighted by atomic mass is 9.93. The van der Waals surface area contributed by atoms with Gasteiger partial charge in [-0.1, -0.05) is 26.0 Å². The Kier molecular flexibility index (Phi) is 7.12. The number of nitrogens with one attached hydrogen (secondary N) is 2. The Labute approximate surface area is 178 Å². The van der Waals surface area contributed by atoms with Gasteiger partial charge in [-0.3, -0.25) is 4.79 Å². The molecule has 2 unspecified atom stereocenters. The lowest BCUT2D eigenvalue weighted by Gasteiger charge is -2.34. The van der Waals surface area contributed by atoms with Crippen molar-refractivity contribution in [1.29, 1.82) is 0 Å². The number of rotatable bonds is 7. The highest BCUT2D eigenvalue weighted by Gasteiger charge is 2.26. The number of piperidine rings is 1. The van der Waals surface area contributed by atoms with Crippen LogP contribution in [0.3, 0.4) is 0 Å². The Hall–Kier alpha value is -2.42. The Morgan fingerprint density at radius 2 is 1.63 bits per heavy atom. The highest BCUT2D eigenvalue weighted by Crippen LogP contribution is 2.21. The third-order valence-corrected chi connectivity index (χ3v) is 6.55. The van der Waals surface area contributed by atoms with Crippen LogP contribution in [0.25, 0.3) is 0 Å². The van der Waals surface area contributed by atoms with E-state index in [2.05, 4.69) is 24.0 Å². The summed E-state index contributed by atoms with van der Waals surface area (Å²) < 4.78 is 30.5. The highest BCUT2D eigenvalue weighted by molar-refractivity contribution is 7.89. The summed E-state index contributed by atoms with van der Waals surface area (Å²) in [6.45, 7) is 5.99. The van der Waals surface area contributed by atoms with Crippen molar-refractivity contribution in [2.45, 2.75) is 31.7 Å². The first-order chi connectivity index (χ1) is 14.3. The number of sulfonamides is 1. The summed E-state index contributed by atoms with van der Waals surface area (Å²) in [4.78, 5) is 15.2. The maximum atomic E-state index is 12.7. The predicted octanol–water partition coefficient (Wildman–Crippen LogP) is 2.80. The number of methoxy groups -OCH3 is 1. The fraction of sp³-hybridized carbons (Fsp3) is 0.409. The molecule has 3 rings (SSSR count). The molecule has 162 valence electrons. The number of amides is 1. The molecule has 1 amide bonds. The van der Waals surface area contributed by atoms with E-state index in [4.69, 9.17) is 4.74 Å². The van der Waals surface area contributed by atoms with Crippen LogP contribution in [0.2, 0.25) is 0 Å². The molecule has 2 N–H and O–H groups in total. The molecule has 2 aromatic rings. The molecule has 7 nitrogen and oxygen atoms in total. The van der Waals surface area contributed by atoms with Crippen molar-refractivity contribution in [3.05, 3.63) is 59.7 Å². The summed E-state index contributed by atoms with van der Waals surface area (Å²) >= 11 is 0. The van der Waals surface area contributed by atoms with Gasteiger partial charge in [-0.15, -0.1) is 4.83 Å². The van der Waals surface area contributed by atoms with Gasteiger partial charge in [-0.2, -0.15) is 0 Å². The van der Waals surface area contributed by atoms with Gasteiger partial charge in [0, 0.05) is 25.2 Å². The van der Waals surface area contributed by atoms with Crippen LogP contribution < -0.4 is 14.9 Å². The van der Waals surface area contributed by atoms with Gasteiger partial charge in [0.25, 0.3) is 15.9 Å². The number of ether oxygens (including phenoxy) is 1. The number of carbonyl (C=O) groups excluding carboxylic acids is 1. The quantitative estimate of drug-likeness (QED) is 0.704. The molecule has 0 radical (unpaired) electrons. The van der Waals surface area contributed by atoms with Crippen molar-refractivity contribution in [2.24, 2.45) is 11.8 Å². The molecule has 1 saturated heterocycles. The number of carbonyl (C=O) groups is 1. The standard InChI is InChI=1S/C22H29N3O4S/c1-16-12-17(2)15-25(14-16)24-30(27,28)21-10-6-19(7-11-21)22(26)23-13-18-4-8-20(29-3)9-5-18/h4-11,16-17,24H,12-15H2,1-3H3,(H,23,26). The Balaban J connectivity index is 1.59. The summed E-state index contributed by atoms with van der Waals surface area (Å²) in [5, 5.41) is 4.60. The number of hydrogen-bond acceptors (Lipinski definition) is 5. The lowest BCUT2D eigenvalue weighted by Crippen LogP contribution is -2.49. The minimum absolute atomic E-state index is 0.139. The molecular formula is C22H29N3O4S. The smallest absolute Gasteiger partial charge is 0.253 e. The summed E-state index contributed by atoms with van der Waals surface area (Å²) in [5.74, 6) is 1.37. The molecule has 2 atom stereocenters. The van der Waals surface area contributed by atoms with Crippen LogP contribution in [-0.4, -0.2) is 39.5 Å². The second-order valence-corrected chi connectivity index (χ2v) is 9.66. The molecule has 0 saturated carbocycles. The van der Waals surface area contributed by atoms with Crippen molar-refractivity contribution in [3.8, 4) is 5.75 Å². The van der Waals surface area contributed by atoms with Crippen LogP contribution in [0, 0.1) is 11.8 Å². The molecule has 1 heterocycles. The van der Waals surface area contributed by atoms with E-state index in [0.717, 1.165) is 17.7 Å². The Bertz CT molecular complexity index is 949. The maximum Gasteiger partial charge on any atom is 0.253 e. The summed E-state index contributed by atoms with van der Waals surface area (Å²) in [5.41, 5.74) is 1.35. The van der Waals surface area contributed by atoms with Crippen molar-refractivity contribution in [2.75, 3.05) is 20.2 Å². The first-order valence-corrected chi connectivity index (χ1v) is 11.5. The van der Waals surface area contributed by atoms with Gasteiger partial charge in [0.15, 0.2) is 0 Å². The second kappa shape index (κ2) is 9.59. The van der Waals surface area contributed by atoms with Crippen LogP contribution in [0.1, 0.15) is 36.2 Å². The van der Waals surface area contributed by atoms with Gasteiger partial charge in [0.1, 0.15) is 5.75 Å². The van der Waals surface area contributed by atoms with Crippen LogP contribution in [-0.2, 0) is 16.6 Å². The number of nitrogens with zero attached hydrogens (tertiary/aromatic N) is 1. The minimum Gasteiger partial charge on any atom is -0.497 e. The molecule has 0 spiro atoms. The van der Waals surface area contributed by atoms with E-state index in [1.807, 2.05) is 24.3 Å². The lowest BCUT2D eigenvalue weighted by molar-refractivity contribution is 0.0950. The monoisotopic (exact) mass is 431 g/mol. The molecular weight excluding hydrogens is 402 g/mol. The molecule has 30 heavy (non-hydrogen) atoms. The van der Waals surface area contributed by atoms with Crippen LogP contribution in [0.15, 0.2) is 53.4 Å². The van der Waals surface area contributed by atoms with Gasteiger partial charge in [-0.05, 0) is 60.2 Å². The summed E-state index contributed by atoms with van der Waals surface area (Å²) in [7, 11) is -2.08. The molecule has 8 heteroatoms. The van der Waals surface area contributed by atoms with Crippen molar-refractivity contribution < 1.29 is 17.9 Å². The van der Waals surface area contributed by atoms with E-state index < -0.39 is 10.0 Å². The first kappa shape index (κ1) is 22.3. The zero-order chi connectivity index (χ0) is 21.7. The predicted molar refractivity (Wildman–Crippen MR) is 115 cm³/mol. The first-order valence-electron chi connectivity index (χ1n) is 10.1. The fourth-order valence-electron chi connectivity index (χ4n) is 3.77. The van der Waals surface area contributed by atoms with Gasteiger partial charge >= 0.3 is 0 Å². The Morgan fingerprint density at radius 1 is 1.03 bits per heavy atom. The number of hydrogen-bond donors (Lipinski definition) is 2. The Morgan fingerprint density at radius 3 is 2.20 bits per heavy atom. The van der Waals surface area contributed by atoms with Gasteiger partial charge in [0.2, 0.25) is 0 Å². The number of hydrazine groups is 1. The van der Waals surface area contributed by atoms with E-state index in [-0.39, 0.29) is 10.8 Å². The molecule has 0 bridgehead atoms. The van der Waals surface area contributed by atoms with Crippen LogP contribution in [0.4, 0.5) is 0 Å². The summed E-state index contributed by atoms with van der Waals surface area (Å²) in [6.07, 6.45) is 1.10. The maximum absolute atomic E-state index is 12.7. The average Bonchev–Trinajstić information content (AvgIpc) is 2.71. The average molecular weight is 432 g/mol. The fourth-order valence-corrected chi connectivity index (χ4v) is 4.86. The zero-order valence-electron chi connectivity index (χ0n) is 17.6. The van der Waals surface area contributed by atoms with Gasteiger partial charge in [-0.25, -0.2) is 13.4 Å². The zero-order valence-corrected chi connectivity index (χ0v) is 18.4. The van der Waals surface area contributed by atoms with E-state index in [0.29, 0.717) is 37.0 Å². The summed E-state index contributed by atoms with van der Waals surface area (Å²) in [6, 6.07) is 13.4. The van der Waals surface area contributed by atoms with Crippen molar-refractivity contribution >= 4 is 15.9 Å². The van der Waals surface area contributed by atoms with E-state index in [1.165, 1.54) is 24.3 Å². The van der Waals surface area contributed by atoms with E-state index in [9.17, 15) is 13.2 Å². The molecule has 1 fully saturated rings. The van der Waals surface area contributed by atoms with E-state index in [1.54, 1.807) is 12.1 Å². The third-order valence-electron chi connectivity index (χ3n) is 5.16. The van der Waals surface area contributed by atoms with Crippen molar-refractivity contribution in [1.82, 2.24) is 15.2 Å². The topological polar surface area (TPSA) is 87.7 Å². The molecule has 0 aromatic heterocycles. The second-order valence-electron chi connectivity index (χ2n) is 8.00. The number of benzene rings is 2. The normalized spacial score (nSPS) is 20.0. The highest BCUT2D eigenvalue weighted by atomic mass is 32.2. The van der Waals surface area contributed by atoms with E-state index >= 15 is 0 Å². The molecule has 1 aliphatic heterocycles. The molecule has 0 aliphatic carbocycles. The largest absolute Gasteiger partial charge is 0.497 e.